The lowest BCUT2D eigenvalue weighted by molar-refractivity contribution is 0.283. The molecule has 0 saturated heterocycles. The molecular formula is C12H22Cl2N2O. The molecule has 0 aromatic heterocycles. The zero-order valence-electron chi connectivity index (χ0n) is 10.1. The van der Waals surface area contributed by atoms with Crippen molar-refractivity contribution in [3.05, 3.63) is 23.8 Å². The van der Waals surface area contributed by atoms with Gasteiger partial charge in [-0.25, -0.2) is 0 Å². The SMILES string of the molecule is Cc1cc(NCCCCCO)ccc1N.Cl.Cl. The van der Waals surface area contributed by atoms with Crippen molar-refractivity contribution in [1.82, 2.24) is 0 Å². The Morgan fingerprint density at radius 2 is 1.88 bits per heavy atom. The molecule has 100 valence electrons. The van der Waals surface area contributed by atoms with Crippen LogP contribution in [0.5, 0.6) is 0 Å². The number of aliphatic hydroxyl groups excluding tert-OH is 1. The average molecular weight is 281 g/mol. The third-order valence-electron chi connectivity index (χ3n) is 2.43. The second kappa shape index (κ2) is 10.5. The molecule has 4 N–H and O–H groups in total. The summed E-state index contributed by atoms with van der Waals surface area (Å²) in [7, 11) is 0. The second-order valence-corrected chi connectivity index (χ2v) is 3.78. The van der Waals surface area contributed by atoms with Crippen LogP contribution >= 0.6 is 24.8 Å². The van der Waals surface area contributed by atoms with E-state index in [1.54, 1.807) is 0 Å². The number of unbranched alkanes of at least 4 members (excludes halogenated alkanes) is 2. The molecule has 0 bridgehead atoms. The van der Waals surface area contributed by atoms with E-state index in [9.17, 15) is 0 Å². The number of hydrogen-bond acceptors (Lipinski definition) is 3. The lowest BCUT2D eigenvalue weighted by Crippen LogP contribution is -2.02. The maximum Gasteiger partial charge on any atom is 0.0431 e. The molecule has 0 spiro atoms. The Hall–Kier alpha value is -0.640. The molecule has 0 atom stereocenters. The topological polar surface area (TPSA) is 58.3 Å². The van der Waals surface area contributed by atoms with Gasteiger partial charge in [0.25, 0.3) is 0 Å². The highest BCUT2D eigenvalue weighted by Gasteiger charge is 1.95. The molecular weight excluding hydrogens is 259 g/mol. The summed E-state index contributed by atoms with van der Waals surface area (Å²) in [6, 6.07) is 5.97. The van der Waals surface area contributed by atoms with Crippen molar-refractivity contribution in [3.8, 4) is 0 Å². The molecule has 1 rings (SSSR count). The predicted octanol–water partition coefficient (Wildman–Crippen LogP) is 3.00. The maximum absolute atomic E-state index is 8.62. The van der Waals surface area contributed by atoms with Crippen LogP contribution < -0.4 is 11.1 Å². The van der Waals surface area contributed by atoms with Gasteiger partial charge in [0.2, 0.25) is 0 Å². The summed E-state index contributed by atoms with van der Waals surface area (Å²) in [4.78, 5) is 0. The molecule has 0 fully saturated rings. The number of anilines is 2. The Kier molecular flexibility index (Phi) is 11.6. The fraction of sp³-hybridized carbons (Fsp3) is 0.500. The van der Waals surface area contributed by atoms with Crippen molar-refractivity contribution in [2.75, 3.05) is 24.2 Å². The minimum Gasteiger partial charge on any atom is -0.399 e. The zero-order chi connectivity index (χ0) is 11.1. The van der Waals surface area contributed by atoms with Gasteiger partial charge >= 0.3 is 0 Å². The zero-order valence-corrected chi connectivity index (χ0v) is 11.7. The number of aryl methyl sites for hydroxylation is 1. The second-order valence-electron chi connectivity index (χ2n) is 3.78. The van der Waals surface area contributed by atoms with Crippen LogP contribution in [0.1, 0.15) is 24.8 Å². The number of aliphatic hydroxyl groups is 1. The number of nitrogens with one attached hydrogen (secondary N) is 1. The highest BCUT2D eigenvalue weighted by Crippen LogP contribution is 2.16. The van der Waals surface area contributed by atoms with Gasteiger partial charge in [0.15, 0.2) is 0 Å². The summed E-state index contributed by atoms with van der Waals surface area (Å²) in [6.45, 7) is 3.25. The van der Waals surface area contributed by atoms with E-state index >= 15 is 0 Å². The molecule has 0 unspecified atom stereocenters. The lowest BCUT2D eigenvalue weighted by atomic mass is 10.2. The number of halogens is 2. The first-order valence-corrected chi connectivity index (χ1v) is 5.45. The summed E-state index contributed by atoms with van der Waals surface area (Å²) >= 11 is 0. The number of nitrogens with two attached hydrogens (primary N) is 1. The lowest BCUT2D eigenvalue weighted by Gasteiger charge is -2.08. The fourth-order valence-electron chi connectivity index (χ4n) is 1.43. The molecule has 0 aliphatic heterocycles. The molecule has 5 heteroatoms. The van der Waals surface area contributed by atoms with Gasteiger partial charge in [-0.15, -0.1) is 24.8 Å². The largest absolute Gasteiger partial charge is 0.399 e. The third kappa shape index (κ3) is 7.31. The van der Waals surface area contributed by atoms with Crippen LogP contribution in [0.25, 0.3) is 0 Å². The minimum absolute atomic E-state index is 0. The molecule has 0 radical (unpaired) electrons. The van der Waals surface area contributed by atoms with E-state index in [2.05, 4.69) is 11.4 Å². The minimum atomic E-state index is 0. The molecule has 0 heterocycles. The van der Waals surface area contributed by atoms with Crippen LogP contribution in [0.15, 0.2) is 18.2 Å². The van der Waals surface area contributed by atoms with E-state index < -0.39 is 0 Å². The van der Waals surface area contributed by atoms with Gasteiger partial charge in [0, 0.05) is 24.5 Å². The van der Waals surface area contributed by atoms with Crippen LogP contribution in [0, 0.1) is 6.92 Å². The van der Waals surface area contributed by atoms with Crippen molar-refractivity contribution in [2.45, 2.75) is 26.2 Å². The fourth-order valence-corrected chi connectivity index (χ4v) is 1.43. The van der Waals surface area contributed by atoms with E-state index in [1.165, 1.54) is 0 Å². The summed E-state index contributed by atoms with van der Waals surface area (Å²) in [5.41, 5.74) is 8.78. The summed E-state index contributed by atoms with van der Waals surface area (Å²) in [5.74, 6) is 0. The average Bonchev–Trinajstić information content (AvgIpc) is 2.23. The summed E-state index contributed by atoms with van der Waals surface area (Å²) in [5, 5.41) is 11.9. The van der Waals surface area contributed by atoms with E-state index in [0.717, 1.165) is 42.7 Å². The van der Waals surface area contributed by atoms with Crippen molar-refractivity contribution in [3.63, 3.8) is 0 Å². The van der Waals surface area contributed by atoms with Gasteiger partial charge in [-0.05, 0) is 49.9 Å². The van der Waals surface area contributed by atoms with E-state index in [-0.39, 0.29) is 24.8 Å². The standard InChI is InChI=1S/C12H20N2O.2ClH/c1-10-9-11(5-6-12(10)13)14-7-3-2-4-8-15;;/h5-6,9,14-15H,2-4,7-8,13H2,1H3;2*1H. The number of rotatable bonds is 6. The summed E-state index contributed by atoms with van der Waals surface area (Å²) < 4.78 is 0. The Balaban J connectivity index is 0. The molecule has 0 aliphatic carbocycles. The molecule has 0 saturated carbocycles. The van der Waals surface area contributed by atoms with Crippen molar-refractivity contribution >= 4 is 36.2 Å². The Labute approximate surface area is 116 Å². The van der Waals surface area contributed by atoms with E-state index in [1.807, 2.05) is 19.1 Å². The van der Waals surface area contributed by atoms with Gasteiger partial charge in [0.05, 0.1) is 0 Å². The summed E-state index contributed by atoms with van der Waals surface area (Å²) in [6.07, 6.45) is 3.05. The third-order valence-corrected chi connectivity index (χ3v) is 2.43. The van der Waals surface area contributed by atoms with Crippen LogP contribution in [0.4, 0.5) is 11.4 Å². The van der Waals surface area contributed by atoms with Crippen molar-refractivity contribution in [2.24, 2.45) is 0 Å². The molecule has 1 aromatic carbocycles. The van der Waals surface area contributed by atoms with Crippen LogP contribution in [0.2, 0.25) is 0 Å². The van der Waals surface area contributed by atoms with Gasteiger partial charge < -0.3 is 16.2 Å². The molecule has 0 aliphatic rings. The van der Waals surface area contributed by atoms with Crippen molar-refractivity contribution in [1.29, 1.82) is 0 Å². The first-order chi connectivity index (χ1) is 7.24. The Morgan fingerprint density at radius 1 is 1.18 bits per heavy atom. The van der Waals surface area contributed by atoms with E-state index in [4.69, 9.17) is 10.8 Å². The van der Waals surface area contributed by atoms with Crippen LogP contribution in [0.3, 0.4) is 0 Å². The number of benzene rings is 1. The Morgan fingerprint density at radius 3 is 2.47 bits per heavy atom. The van der Waals surface area contributed by atoms with Gasteiger partial charge in [-0.1, -0.05) is 0 Å². The predicted molar refractivity (Wildman–Crippen MR) is 79.5 cm³/mol. The number of hydrogen-bond donors (Lipinski definition) is 3. The quantitative estimate of drug-likeness (QED) is 0.555. The van der Waals surface area contributed by atoms with Crippen molar-refractivity contribution < 1.29 is 5.11 Å². The Bertz CT molecular complexity index is 309. The van der Waals surface area contributed by atoms with Crippen LogP contribution in [-0.4, -0.2) is 18.3 Å². The maximum atomic E-state index is 8.62. The first kappa shape index (κ1) is 18.7. The molecule has 1 aromatic rings. The number of nitrogen functional groups attached to an aromatic ring is 1. The smallest absolute Gasteiger partial charge is 0.0431 e. The molecule has 0 amide bonds. The highest BCUT2D eigenvalue weighted by molar-refractivity contribution is 5.85. The first-order valence-electron chi connectivity index (χ1n) is 5.45. The van der Waals surface area contributed by atoms with Gasteiger partial charge in [0.1, 0.15) is 0 Å². The normalized spacial score (nSPS) is 9.06. The van der Waals surface area contributed by atoms with Crippen LogP contribution in [-0.2, 0) is 0 Å². The van der Waals surface area contributed by atoms with Gasteiger partial charge in [-0.3, -0.25) is 0 Å². The molecule has 17 heavy (non-hydrogen) atoms. The monoisotopic (exact) mass is 280 g/mol. The van der Waals surface area contributed by atoms with Gasteiger partial charge in [-0.2, -0.15) is 0 Å². The highest BCUT2D eigenvalue weighted by atomic mass is 35.5. The molecule has 3 nitrogen and oxygen atoms in total. The van der Waals surface area contributed by atoms with E-state index in [0.29, 0.717) is 6.61 Å².